The number of hydrogen-bond acceptors (Lipinski definition) is 4. The molecule has 4 nitrogen and oxygen atoms in total. The Balaban J connectivity index is 1.53. The zero-order valence-corrected chi connectivity index (χ0v) is 12.1. The standard InChI is InChI=1S/C15H18N2O2S/c18-15(16-5-6-17-7-9-19-10-8-17)14-11-12-3-1-2-4-13(12)20-14/h1-4,11H,5-10H2,(H,16,18). The van der Waals surface area contributed by atoms with E-state index in [1.165, 1.54) is 0 Å². The van der Waals surface area contributed by atoms with Gasteiger partial charge in [0.15, 0.2) is 0 Å². The van der Waals surface area contributed by atoms with Gasteiger partial charge < -0.3 is 10.1 Å². The highest BCUT2D eigenvalue weighted by molar-refractivity contribution is 7.20. The number of nitrogens with one attached hydrogen (secondary N) is 1. The number of benzene rings is 1. The van der Waals surface area contributed by atoms with Crippen LogP contribution < -0.4 is 5.32 Å². The fourth-order valence-electron chi connectivity index (χ4n) is 2.33. The van der Waals surface area contributed by atoms with E-state index in [2.05, 4.69) is 10.2 Å². The maximum Gasteiger partial charge on any atom is 0.261 e. The van der Waals surface area contributed by atoms with Gasteiger partial charge in [-0.2, -0.15) is 0 Å². The van der Waals surface area contributed by atoms with Crippen LogP contribution in [0.1, 0.15) is 9.67 Å². The second kappa shape index (κ2) is 6.35. The summed E-state index contributed by atoms with van der Waals surface area (Å²) in [7, 11) is 0. The molecule has 2 heterocycles. The fourth-order valence-corrected chi connectivity index (χ4v) is 3.31. The van der Waals surface area contributed by atoms with E-state index >= 15 is 0 Å². The first-order valence-corrected chi connectivity index (χ1v) is 7.71. The summed E-state index contributed by atoms with van der Waals surface area (Å²) in [4.78, 5) is 15.2. The summed E-state index contributed by atoms with van der Waals surface area (Å²) >= 11 is 1.55. The Morgan fingerprint density at radius 2 is 2.10 bits per heavy atom. The lowest BCUT2D eigenvalue weighted by Gasteiger charge is -2.26. The molecule has 0 saturated carbocycles. The highest BCUT2D eigenvalue weighted by atomic mass is 32.1. The third kappa shape index (κ3) is 3.17. The van der Waals surface area contributed by atoms with E-state index in [9.17, 15) is 4.79 Å². The second-order valence-corrected chi connectivity index (χ2v) is 5.94. The smallest absolute Gasteiger partial charge is 0.261 e. The number of carbonyl (C=O) groups excluding carboxylic acids is 1. The summed E-state index contributed by atoms with van der Waals surface area (Å²) in [5.74, 6) is 0.0273. The predicted molar refractivity (Wildman–Crippen MR) is 81.4 cm³/mol. The van der Waals surface area contributed by atoms with Gasteiger partial charge in [0.25, 0.3) is 5.91 Å². The summed E-state index contributed by atoms with van der Waals surface area (Å²) in [5, 5.41) is 4.13. The van der Waals surface area contributed by atoms with E-state index in [4.69, 9.17) is 4.74 Å². The van der Waals surface area contributed by atoms with Crippen molar-refractivity contribution in [3.8, 4) is 0 Å². The largest absolute Gasteiger partial charge is 0.379 e. The number of amides is 1. The van der Waals surface area contributed by atoms with Crippen LogP contribution in [0.4, 0.5) is 0 Å². The topological polar surface area (TPSA) is 41.6 Å². The molecule has 1 aliphatic heterocycles. The average molecular weight is 290 g/mol. The SMILES string of the molecule is O=C(NCCN1CCOCC1)c1cc2ccccc2s1. The van der Waals surface area contributed by atoms with Gasteiger partial charge >= 0.3 is 0 Å². The lowest BCUT2D eigenvalue weighted by Crippen LogP contribution is -2.41. The Morgan fingerprint density at radius 1 is 1.30 bits per heavy atom. The minimum absolute atomic E-state index is 0.0273. The molecule has 1 aromatic carbocycles. The van der Waals surface area contributed by atoms with Crippen LogP contribution in [-0.4, -0.2) is 50.2 Å². The van der Waals surface area contributed by atoms with E-state index in [0.717, 1.165) is 47.8 Å². The molecule has 0 aliphatic carbocycles. The van der Waals surface area contributed by atoms with Gasteiger partial charge in [-0.25, -0.2) is 0 Å². The molecule has 3 rings (SSSR count). The van der Waals surface area contributed by atoms with Crippen molar-refractivity contribution in [2.24, 2.45) is 0 Å². The van der Waals surface area contributed by atoms with Gasteiger partial charge in [-0.1, -0.05) is 18.2 Å². The molecule has 0 spiro atoms. The van der Waals surface area contributed by atoms with Gasteiger partial charge in [0.1, 0.15) is 0 Å². The molecule has 1 aliphatic rings. The van der Waals surface area contributed by atoms with Gasteiger partial charge in [-0.3, -0.25) is 9.69 Å². The first kappa shape index (κ1) is 13.5. The van der Waals surface area contributed by atoms with E-state index in [1.54, 1.807) is 11.3 Å². The summed E-state index contributed by atoms with van der Waals surface area (Å²) in [6, 6.07) is 10.0. The van der Waals surface area contributed by atoms with Crippen molar-refractivity contribution in [3.05, 3.63) is 35.2 Å². The number of nitrogens with zero attached hydrogens (tertiary/aromatic N) is 1. The molecule has 0 bridgehead atoms. The van der Waals surface area contributed by atoms with Crippen LogP contribution in [0.15, 0.2) is 30.3 Å². The van der Waals surface area contributed by atoms with Crippen molar-refractivity contribution in [3.63, 3.8) is 0 Å². The number of carbonyl (C=O) groups is 1. The molecule has 1 fully saturated rings. The Labute approximate surface area is 122 Å². The minimum Gasteiger partial charge on any atom is -0.379 e. The van der Waals surface area contributed by atoms with Gasteiger partial charge in [0.05, 0.1) is 18.1 Å². The molecule has 2 aromatic rings. The van der Waals surface area contributed by atoms with Gasteiger partial charge in [-0.15, -0.1) is 11.3 Å². The van der Waals surface area contributed by atoms with Crippen molar-refractivity contribution in [2.75, 3.05) is 39.4 Å². The average Bonchev–Trinajstić information content (AvgIpc) is 2.92. The van der Waals surface area contributed by atoms with Crippen molar-refractivity contribution in [2.45, 2.75) is 0 Å². The van der Waals surface area contributed by atoms with E-state index in [1.807, 2.05) is 30.3 Å². The molecule has 0 radical (unpaired) electrons. The number of morpholine rings is 1. The molecule has 1 amide bonds. The molecule has 20 heavy (non-hydrogen) atoms. The zero-order chi connectivity index (χ0) is 13.8. The summed E-state index contributed by atoms with van der Waals surface area (Å²) in [5.41, 5.74) is 0. The van der Waals surface area contributed by atoms with Crippen LogP contribution in [0, 0.1) is 0 Å². The number of hydrogen-bond donors (Lipinski definition) is 1. The van der Waals surface area contributed by atoms with Gasteiger partial charge in [0, 0.05) is 30.9 Å². The molecule has 5 heteroatoms. The van der Waals surface area contributed by atoms with Crippen molar-refractivity contribution in [1.29, 1.82) is 0 Å². The highest BCUT2D eigenvalue weighted by Gasteiger charge is 2.12. The molecule has 1 aromatic heterocycles. The molecular weight excluding hydrogens is 272 g/mol. The minimum atomic E-state index is 0.0273. The molecule has 0 unspecified atom stereocenters. The van der Waals surface area contributed by atoms with Crippen LogP contribution >= 0.6 is 11.3 Å². The lowest BCUT2D eigenvalue weighted by atomic mass is 10.2. The molecule has 1 N–H and O–H groups in total. The maximum atomic E-state index is 12.1. The summed E-state index contributed by atoms with van der Waals surface area (Å²) < 4.78 is 6.46. The lowest BCUT2D eigenvalue weighted by molar-refractivity contribution is 0.0383. The Kier molecular flexibility index (Phi) is 4.30. The van der Waals surface area contributed by atoms with Crippen LogP contribution in [0.3, 0.4) is 0 Å². The van der Waals surface area contributed by atoms with Gasteiger partial charge in [-0.05, 0) is 17.5 Å². The quantitative estimate of drug-likeness (QED) is 0.936. The Hall–Kier alpha value is -1.43. The highest BCUT2D eigenvalue weighted by Crippen LogP contribution is 2.24. The monoisotopic (exact) mass is 290 g/mol. The van der Waals surface area contributed by atoms with E-state index in [-0.39, 0.29) is 5.91 Å². The van der Waals surface area contributed by atoms with Crippen molar-refractivity contribution < 1.29 is 9.53 Å². The van der Waals surface area contributed by atoms with E-state index in [0.29, 0.717) is 6.54 Å². The molecule has 106 valence electrons. The molecular formula is C15H18N2O2S. The van der Waals surface area contributed by atoms with E-state index < -0.39 is 0 Å². The summed E-state index contributed by atoms with van der Waals surface area (Å²) in [6.07, 6.45) is 0. The molecule has 1 saturated heterocycles. The first-order chi connectivity index (χ1) is 9.83. The van der Waals surface area contributed by atoms with Crippen LogP contribution in [0.25, 0.3) is 10.1 Å². The summed E-state index contributed by atoms with van der Waals surface area (Å²) in [6.45, 7) is 5.08. The zero-order valence-electron chi connectivity index (χ0n) is 11.3. The maximum absolute atomic E-state index is 12.1. The van der Waals surface area contributed by atoms with Crippen molar-refractivity contribution in [1.82, 2.24) is 10.2 Å². The van der Waals surface area contributed by atoms with Crippen LogP contribution in [0.5, 0.6) is 0 Å². The van der Waals surface area contributed by atoms with Gasteiger partial charge in [0.2, 0.25) is 0 Å². The number of rotatable bonds is 4. The fraction of sp³-hybridized carbons (Fsp3) is 0.400. The third-order valence-corrected chi connectivity index (χ3v) is 4.58. The normalized spacial score (nSPS) is 16.4. The number of ether oxygens (including phenoxy) is 1. The number of thiophene rings is 1. The predicted octanol–water partition coefficient (Wildman–Crippen LogP) is 1.96. The first-order valence-electron chi connectivity index (χ1n) is 6.90. The number of fused-ring (bicyclic) bond motifs is 1. The Bertz CT molecular complexity index is 557. The third-order valence-electron chi connectivity index (χ3n) is 3.47. The van der Waals surface area contributed by atoms with Crippen molar-refractivity contribution >= 4 is 27.3 Å². The Morgan fingerprint density at radius 3 is 2.90 bits per heavy atom. The molecule has 0 atom stereocenters. The second-order valence-electron chi connectivity index (χ2n) is 4.86. The van der Waals surface area contributed by atoms with Crippen LogP contribution in [0.2, 0.25) is 0 Å². The van der Waals surface area contributed by atoms with Crippen LogP contribution in [-0.2, 0) is 4.74 Å².